The van der Waals surface area contributed by atoms with Gasteiger partial charge < -0.3 is 24.8 Å². The third kappa shape index (κ3) is 14.1. The van der Waals surface area contributed by atoms with Gasteiger partial charge in [0.1, 0.15) is 18.2 Å². The summed E-state index contributed by atoms with van der Waals surface area (Å²) in [6, 6.07) is 7.81. The molecule has 0 radical (unpaired) electrons. The van der Waals surface area contributed by atoms with Crippen molar-refractivity contribution in [2.45, 2.75) is 72.3 Å². The number of carbonyl (C=O) groups excluding carboxylic acids is 4. The number of ether oxygens (including phenoxy) is 3. The van der Waals surface area contributed by atoms with Crippen LogP contribution in [0.25, 0.3) is 0 Å². The van der Waals surface area contributed by atoms with E-state index in [2.05, 4.69) is 10.6 Å². The van der Waals surface area contributed by atoms with E-state index in [4.69, 9.17) is 14.2 Å². The predicted molar refractivity (Wildman–Crippen MR) is 151 cm³/mol. The van der Waals surface area contributed by atoms with E-state index in [-0.39, 0.29) is 41.8 Å². The third-order valence-electron chi connectivity index (χ3n) is 5.14. The zero-order valence-electron chi connectivity index (χ0n) is 23.4. The van der Waals surface area contributed by atoms with Gasteiger partial charge in [0.05, 0.1) is 20.8 Å². The second-order valence-corrected chi connectivity index (χ2v) is 13.0. The molecule has 0 heterocycles. The van der Waals surface area contributed by atoms with Crippen molar-refractivity contribution in [1.82, 2.24) is 10.6 Å². The molecule has 0 spiro atoms. The fraction of sp³-hybridized carbons (Fsp3) is 0.630. The molecule has 3 atom stereocenters. The highest BCUT2D eigenvalue weighted by atomic mass is 33.1. The minimum absolute atomic E-state index is 0.194. The summed E-state index contributed by atoms with van der Waals surface area (Å²) in [6.45, 7) is 10.1. The Morgan fingerprint density at radius 3 is 1.87 bits per heavy atom. The van der Waals surface area contributed by atoms with E-state index in [0.29, 0.717) is 6.42 Å². The highest BCUT2D eigenvalue weighted by Crippen LogP contribution is 2.24. The van der Waals surface area contributed by atoms with Gasteiger partial charge in [0, 0.05) is 17.9 Å². The molecular formula is C27H42N2O7S2. The maximum absolute atomic E-state index is 13.1. The summed E-state index contributed by atoms with van der Waals surface area (Å²) >= 11 is 0. The van der Waals surface area contributed by atoms with Crippen molar-refractivity contribution >= 4 is 45.3 Å². The van der Waals surface area contributed by atoms with Gasteiger partial charge in [0.15, 0.2) is 0 Å². The second-order valence-electron chi connectivity index (χ2n) is 10.4. The summed E-state index contributed by atoms with van der Waals surface area (Å²) in [6.07, 6.45) is 0.0177. The quantitative estimate of drug-likeness (QED) is 0.174. The van der Waals surface area contributed by atoms with E-state index < -0.39 is 36.0 Å². The van der Waals surface area contributed by atoms with Gasteiger partial charge in [-0.25, -0.2) is 9.59 Å². The SMILES string of the molecule is COC(=O)[C@H](CSSC[C@H](NC(=O)[C@H](CC(C)C)OCc1ccccc1)C(=O)OC)NC(=O)CC(C)(C)C. The van der Waals surface area contributed by atoms with Gasteiger partial charge >= 0.3 is 11.9 Å². The molecule has 9 nitrogen and oxygen atoms in total. The van der Waals surface area contributed by atoms with Crippen LogP contribution in [0.3, 0.4) is 0 Å². The van der Waals surface area contributed by atoms with Crippen LogP contribution in [0.1, 0.15) is 53.0 Å². The van der Waals surface area contributed by atoms with Crippen LogP contribution in [-0.4, -0.2) is 67.7 Å². The van der Waals surface area contributed by atoms with Crippen molar-refractivity contribution in [3.8, 4) is 0 Å². The summed E-state index contributed by atoms with van der Waals surface area (Å²) < 4.78 is 15.6. The number of hydrogen-bond donors (Lipinski definition) is 2. The average Bonchev–Trinajstić information content (AvgIpc) is 2.85. The zero-order valence-corrected chi connectivity index (χ0v) is 25.0. The largest absolute Gasteiger partial charge is 0.467 e. The Morgan fingerprint density at radius 2 is 1.39 bits per heavy atom. The van der Waals surface area contributed by atoms with E-state index in [1.165, 1.54) is 35.8 Å². The number of benzene rings is 1. The first-order valence-corrected chi connectivity index (χ1v) is 15.0. The van der Waals surface area contributed by atoms with Crippen molar-refractivity contribution in [2.24, 2.45) is 11.3 Å². The topological polar surface area (TPSA) is 120 Å². The van der Waals surface area contributed by atoms with E-state index in [9.17, 15) is 19.2 Å². The Kier molecular flexibility index (Phi) is 15.4. The first-order chi connectivity index (χ1) is 17.9. The van der Waals surface area contributed by atoms with Crippen molar-refractivity contribution in [3.05, 3.63) is 35.9 Å². The Morgan fingerprint density at radius 1 is 0.868 bits per heavy atom. The summed E-state index contributed by atoms with van der Waals surface area (Å²) in [5, 5.41) is 5.47. The van der Waals surface area contributed by atoms with Gasteiger partial charge in [-0.15, -0.1) is 0 Å². The molecule has 1 aromatic carbocycles. The number of nitrogens with one attached hydrogen (secondary N) is 2. The van der Waals surface area contributed by atoms with Crippen LogP contribution in [0.5, 0.6) is 0 Å². The first kappa shape index (κ1) is 33.8. The molecule has 0 aliphatic heterocycles. The average molecular weight is 571 g/mol. The summed E-state index contributed by atoms with van der Waals surface area (Å²) in [5.41, 5.74) is 0.719. The lowest BCUT2D eigenvalue weighted by Gasteiger charge is -2.23. The maximum atomic E-state index is 13.1. The Labute approximate surface area is 234 Å². The molecule has 0 bridgehead atoms. The highest BCUT2D eigenvalue weighted by Gasteiger charge is 2.29. The lowest BCUT2D eigenvalue weighted by Crippen LogP contribution is -2.48. The van der Waals surface area contributed by atoms with Crippen LogP contribution in [-0.2, 0) is 40.0 Å². The molecule has 0 aliphatic rings. The standard InChI is InChI=1S/C27H42N2O7S2/c1-18(2)13-22(36-15-19-11-9-8-10-12-19)24(31)29-21(26(33)35-7)17-38-37-16-20(25(32)34-6)28-23(30)14-27(3,4)5/h8-12,18,20-22H,13-17H2,1-7H3,(H,28,30)(H,29,31)/t20-,21-,22-/m0/s1. The molecule has 214 valence electrons. The van der Waals surface area contributed by atoms with Crippen molar-refractivity contribution < 1.29 is 33.4 Å². The lowest BCUT2D eigenvalue weighted by atomic mass is 9.92. The van der Waals surface area contributed by atoms with Gasteiger partial charge in [-0.1, -0.05) is 86.5 Å². The molecule has 38 heavy (non-hydrogen) atoms. The van der Waals surface area contributed by atoms with Crippen molar-refractivity contribution in [2.75, 3.05) is 25.7 Å². The van der Waals surface area contributed by atoms with Crippen molar-refractivity contribution in [1.29, 1.82) is 0 Å². The monoisotopic (exact) mass is 570 g/mol. The first-order valence-electron chi connectivity index (χ1n) is 12.5. The molecule has 0 unspecified atom stereocenters. The Bertz CT molecular complexity index is 891. The zero-order chi connectivity index (χ0) is 28.7. The lowest BCUT2D eigenvalue weighted by molar-refractivity contribution is -0.146. The van der Waals surface area contributed by atoms with Gasteiger partial charge in [0.25, 0.3) is 0 Å². The summed E-state index contributed by atoms with van der Waals surface area (Å²) in [4.78, 5) is 49.9. The molecule has 0 saturated carbocycles. The van der Waals surface area contributed by atoms with Gasteiger partial charge in [0.2, 0.25) is 11.8 Å². The summed E-state index contributed by atoms with van der Waals surface area (Å²) in [7, 11) is 5.09. The highest BCUT2D eigenvalue weighted by molar-refractivity contribution is 8.76. The third-order valence-corrected chi connectivity index (χ3v) is 7.56. The van der Waals surface area contributed by atoms with Crippen LogP contribution in [0, 0.1) is 11.3 Å². The molecule has 2 N–H and O–H groups in total. The predicted octanol–water partition coefficient (Wildman–Crippen LogP) is 3.75. The van der Waals surface area contributed by atoms with Crippen LogP contribution in [0.4, 0.5) is 0 Å². The summed E-state index contributed by atoms with van der Waals surface area (Å²) in [5.74, 6) is -1.15. The van der Waals surface area contributed by atoms with Crippen LogP contribution >= 0.6 is 21.6 Å². The van der Waals surface area contributed by atoms with E-state index >= 15 is 0 Å². The molecule has 1 aromatic rings. The fourth-order valence-electron chi connectivity index (χ4n) is 3.30. The van der Waals surface area contributed by atoms with Gasteiger partial charge in [-0.3, -0.25) is 9.59 Å². The molecule has 0 aromatic heterocycles. The maximum Gasteiger partial charge on any atom is 0.329 e. The molecule has 1 rings (SSSR count). The number of methoxy groups -OCH3 is 2. The molecular weight excluding hydrogens is 528 g/mol. The van der Waals surface area contributed by atoms with E-state index in [1.54, 1.807) is 0 Å². The van der Waals surface area contributed by atoms with Gasteiger partial charge in [-0.05, 0) is 23.3 Å². The Balaban J connectivity index is 2.73. The minimum Gasteiger partial charge on any atom is -0.467 e. The number of esters is 2. The molecule has 0 saturated heterocycles. The number of hydrogen-bond acceptors (Lipinski definition) is 9. The van der Waals surface area contributed by atoms with E-state index in [1.807, 2.05) is 65.0 Å². The van der Waals surface area contributed by atoms with E-state index in [0.717, 1.165) is 5.56 Å². The number of amides is 2. The van der Waals surface area contributed by atoms with Gasteiger partial charge in [-0.2, -0.15) is 0 Å². The molecule has 0 aliphatic carbocycles. The fourth-order valence-corrected chi connectivity index (χ4v) is 5.59. The van der Waals surface area contributed by atoms with Crippen LogP contribution < -0.4 is 10.6 Å². The second kappa shape index (κ2) is 17.4. The molecule has 2 amide bonds. The van der Waals surface area contributed by atoms with Crippen molar-refractivity contribution in [3.63, 3.8) is 0 Å². The Hall–Kier alpha value is -2.24. The molecule has 0 fully saturated rings. The normalized spacial score (nSPS) is 13.8. The molecule has 11 heteroatoms. The number of rotatable bonds is 16. The van der Waals surface area contributed by atoms with Crippen LogP contribution in [0.2, 0.25) is 0 Å². The minimum atomic E-state index is -0.910. The smallest absolute Gasteiger partial charge is 0.329 e. The van der Waals surface area contributed by atoms with Crippen LogP contribution in [0.15, 0.2) is 30.3 Å². The number of carbonyl (C=O) groups is 4.